The minimum atomic E-state index is 0.370. The van der Waals surface area contributed by atoms with Crippen molar-refractivity contribution in [3.63, 3.8) is 0 Å². The van der Waals surface area contributed by atoms with Crippen LogP contribution >= 0.6 is 0 Å². The summed E-state index contributed by atoms with van der Waals surface area (Å²) < 4.78 is 4.38. The van der Waals surface area contributed by atoms with Gasteiger partial charge >= 0.3 is 0 Å². The van der Waals surface area contributed by atoms with Crippen LogP contribution in [-0.4, -0.2) is 19.1 Å². The second-order valence-corrected chi connectivity index (χ2v) is 5.93. The standard InChI is InChI=1S/C15H23N5/c1-4-7-19-14(16)13(18-15(19)10(2)3)12-8-17-9-20(12)11-5-6-11/h8-11H,4-7,16H2,1-3H3. The zero-order valence-corrected chi connectivity index (χ0v) is 12.5. The van der Waals surface area contributed by atoms with Crippen molar-refractivity contribution >= 4 is 5.82 Å². The predicted molar refractivity (Wildman–Crippen MR) is 80.5 cm³/mol. The fourth-order valence-electron chi connectivity index (χ4n) is 2.70. The van der Waals surface area contributed by atoms with Gasteiger partial charge in [-0.2, -0.15) is 0 Å². The van der Waals surface area contributed by atoms with E-state index in [9.17, 15) is 0 Å². The summed E-state index contributed by atoms with van der Waals surface area (Å²) in [6, 6.07) is 0.589. The number of imidazole rings is 2. The van der Waals surface area contributed by atoms with Crippen LogP contribution in [0, 0.1) is 0 Å². The van der Waals surface area contributed by atoms with E-state index in [-0.39, 0.29) is 0 Å². The van der Waals surface area contributed by atoms with Gasteiger partial charge in [-0.3, -0.25) is 0 Å². The van der Waals surface area contributed by atoms with Gasteiger partial charge in [-0.15, -0.1) is 0 Å². The highest BCUT2D eigenvalue weighted by atomic mass is 15.2. The molecule has 3 rings (SSSR count). The van der Waals surface area contributed by atoms with E-state index in [1.807, 2.05) is 12.5 Å². The number of aromatic nitrogens is 4. The summed E-state index contributed by atoms with van der Waals surface area (Å²) in [4.78, 5) is 9.11. The summed E-state index contributed by atoms with van der Waals surface area (Å²) in [6.07, 6.45) is 7.31. The Kier molecular flexibility index (Phi) is 3.28. The van der Waals surface area contributed by atoms with Gasteiger partial charge in [0.1, 0.15) is 17.3 Å². The summed E-state index contributed by atoms with van der Waals surface area (Å²) in [7, 11) is 0. The zero-order chi connectivity index (χ0) is 14.3. The summed E-state index contributed by atoms with van der Waals surface area (Å²) in [5.41, 5.74) is 8.32. The monoisotopic (exact) mass is 273 g/mol. The van der Waals surface area contributed by atoms with Gasteiger partial charge in [0, 0.05) is 18.5 Å². The van der Waals surface area contributed by atoms with Crippen LogP contribution in [-0.2, 0) is 6.54 Å². The first kappa shape index (κ1) is 13.2. The molecule has 2 N–H and O–H groups in total. The quantitative estimate of drug-likeness (QED) is 0.910. The lowest BCUT2D eigenvalue weighted by Gasteiger charge is -2.10. The maximum Gasteiger partial charge on any atom is 0.133 e. The van der Waals surface area contributed by atoms with E-state index >= 15 is 0 Å². The normalized spacial score (nSPS) is 15.2. The number of nitrogen functional groups attached to an aromatic ring is 1. The van der Waals surface area contributed by atoms with Crippen molar-refractivity contribution in [1.29, 1.82) is 0 Å². The third-order valence-corrected chi connectivity index (χ3v) is 3.85. The number of nitrogens with zero attached hydrogens (tertiary/aromatic N) is 4. The summed E-state index contributed by atoms with van der Waals surface area (Å²) in [6.45, 7) is 7.41. The number of hydrogen-bond acceptors (Lipinski definition) is 3. The van der Waals surface area contributed by atoms with Crippen molar-refractivity contribution in [2.75, 3.05) is 5.73 Å². The molecular weight excluding hydrogens is 250 g/mol. The van der Waals surface area contributed by atoms with Crippen molar-refractivity contribution in [3.8, 4) is 11.4 Å². The Balaban J connectivity index is 2.09. The van der Waals surface area contributed by atoms with Crippen LogP contribution in [0.15, 0.2) is 12.5 Å². The maximum atomic E-state index is 6.37. The molecular formula is C15H23N5. The van der Waals surface area contributed by atoms with Gasteiger partial charge in [-0.25, -0.2) is 9.97 Å². The van der Waals surface area contributed by atoms with Crippen molar-refractivity contribution in [3.05, 3.63) is 18.3 Å². The van der Waals surface area contributed by atoms with Crippen molar-refractivity contribution in [1.82, 2.24) is 19.1 Å². The molecule has 2 heterocycles. The highest BCUT2D eigenvalue weighted by molar-refractivity contribution is 5.68. The van der Waals surface area contributed by atoms with Crippen molar-refractivity contribution in [2.45, 2.75) is 58.5 Å². The molecule has 0 aliphatic heterocycles. The molecule has 1 fully saturated rings. The first-order valence-corrected chi connectivity index (χ1v) is 7.51. The fourth-order valence-corrected chi connectivity index (χ4v) is 2.70. The van der Waals surface area contributed by atoms with E-state index in [1.54, 1.807) is 0 Å². The first-order valence-electron chi connectivity index (χ1n) is 7.51. The van der Waals surface area contributed by atoms with Crippen LogP contribution in [0.4, 0.5) is 5.82 Å². The van der Waals surface area contributed by atoms with E-state index in [4.69, 9.17) is 10.7 Å². The average Bonchev–Trinajstić information content (AvgIpc) is 3.06. The van der Waals surface area contributed by atoms with Crippen LogP contribution < -0.4 is 5.73 Å². The lowest BCUT2D eigenvalue weighted by molar-refractivity contribution is 0.616. The topological polar surface area (TPSA) is 61.7 Å². The van der Waals surface area contributed by atoms with E-state index < -0.39 is 0 Å². The summed E-state index contributed by atoms with van der Waals surface area (Å²) in [5, 5.41) is 0. The molecule has 0 spiro atoms. The molecule has 0 atom stereocenters. The predicted octanol–water partition coefficient (Wildman–Crippen LogP) is 3.20. The second-order valence-electron chi connectivity index (χ2n) is 5.93. The van der Waals surface area contributed by atoms with Gasteiger partial charge in [0.05, 0.1) is 18.2 Å². The molecule has 0 bridgehead atoms. The van der Waals surface area contributed by atoms with Gasteiger partial charge in [0.15, 0.2) is 0 Å². The Hall–Kier alpha value is -1.78. The zero-order valence-electron chi connectivity index (χ0n) is 12.5. The van der Waals surface area contributed by atoms with Crippen LogP contribution in [0.5, 0.6) is 0 Å². The summed E-state index contributed by atoms with van der Waals surface area (Å²) >= 11 is 0. The Morgan fingerprint density at radius 1 is 1.40 bits per heavy atom. The van der Waals surface area contributed by atoms with Gasteiger partial charge < -0.3 is 14.9 Å². The molecule has 1 aliphatic rings. The third kappa shape index (κ3) is 2.11. The van der Waals surface area contributed by atoms with Crippen molar-refractivity contribution in [2.24, 2.45) is 0 Å². The SMILES string of the molecule is CCCn1c(C(C)C)nc(-c2cncn2C2CC2)c1N. The lowest BCUT2D eigenvalue weighted by atomic mass is 10.2. The minimum Gasteiger partial charge on any atom is -0.383 e. The van der Waals surface area contributed by atoms with Crippen LogP contribution in [0.25, 0.3) is 11.4 Å². The van der Waals surface area contributed by atoms with E-state index in [2.05, 4.69) is 34.9 Å². The highest BCUT2D eigenvalue weighted by Gasteiger charge is 2.28. The number of rotatable bonds is 5. The molecule has 2 aromatic rings. The first-order chi connectivity index (χ1) is 9.63. The molecule has 5 nitrogen and oxygen atoms in total. The van der Waals surface area contributed by atoms with Crippen LogP contribution in [0.3, 0.4) is 0 Å². The Bertz CT molecular complexity index is 604. The Labute approximate surface area is 119 Å². The van der Waals surface area contributed by atoms with Gasteiger partial charge in [-0.05, 0) is 19.3 Å². The molecule has 20 heavy (non-hydrogen) atoms. The van der Waals surface area contributed by atoms with Crippen LogP contribution in [0.2, 0.25) is 0 Å². The largest absolute Gasteiger partial charge is 0.383 e. The smallest absolute Gasteiger partial charge is 0.133 e. The lowest BCUT2D eigenvalue weighted by Crippen LogP contribution is -2.08. The van der Waals surface area contributed by atoms with Gasteiger partial charge in [0.2, 0.25) is 0 Å². The molecule has 0 amide bonds. The maximum absolute atomic E-state index is 6.37. The Morgan fingerprint density at radius 3 is 2.75 bits per heavy atom. The van der Waals surface area contributed by atoms with Gasteiger partial charge in [-0.1, -0.05) is 20.8 Å². The molecule has 0 unspecified atom stereocenters. The summed E-state index contributed by atoms with van der Waals surface area (Å²) in [5.74, 6) is 2.22. The molecule has 5 heteroatoms. The molecule has 0 radical (unpaired) electrons. The molecule has 2 aromatic heterocycles. The van der Waals surface area contributed by atoms with E-state index in [1.165, 1.54) is 12.8 Å². The molecule has 1 saturated carbocycles. The molecule has 0 aromatic carbocycles. The number of nitrogens with two attached hydrogens (primary N) is 1. The number of anilines is 1. The minimum absolute atomic E-state index is 0.370. The fraction of sp³-hybridized carbons (Fsp3) is 0.600. The van der Waals surface area contributed by atoms with E-state index in [0.717, 1.165) is 36.0 Å². The average molecular weight is 273 g/mol. The van der Waals surface area contributed by atoms with Crippen LogP contribution in [0.1, 0.15) is 57.8 Å². The molecule has 108 valence electrons. The van der Waals surface area contributed by atoms with Crippen molar-refractivity contribution < 1.29 is 0 Å². The highest BCUT2D eigenvalue weighted by Crippen LogP contribution is 2.39. The molecule has 0 saturated heterocycles. The van der Waals surface area contributed by atoms with Gasteiger partial charge in [0.25, 0.3) is 0 Å². The number of hydrogen-bond donors (Lipinski definition) is 1. The Morgan fingerprint density at radius 2 is 2.15 bits per heavy atom. The molecule has 1 aliphatic carbocycles. The second kappa shape index (κ2) is 4.96. The third-order valence-electron chi connectivity index (χ3n) is 3.85. The van der Waals surface area contributed by atoms with E-state index in [0.29, 0.717) is 12.0 Å².